The molecule has 4 aromatic carbocycles. The van der Waals surface area contributed by atoms with E-state index in [1.54, 1.807) is 36.4 Å². The van der Waals surface area contributed by atoms with Gasteiger partial charge in [-0.25, -0.2) is 4.79 Å². The minimum Gasteiger partial charge on any atom is -0.467 e. The Bertz CT molecular complexity index is 1320. The fourth-order valence-electron chi connectivity index (χ4n) is 4.15. The van der Waals surface area contributed by atoms with E-state index in [1.807, 2.05) is 60.7 Å². The molecule has 4 rings (SSSR count). The summed E-state index contributed by atoms with van der Waals surface area (Å²) in [6.07, 6.45) is 0. The van der Waals surface area contributed by atoms with Crippen LogP contribution >= 0.6 is 11.6 Å². The van der Waals surface area contributed by atoms with E-state index in [0.717, 1.165) is 5.69 Å². The molecule has 0 unspecified atom stereocenters. The van der Waals surface area contributed by atoms with Crippen molar-refractivity contribution in [2.24, 2.45) is 0 Å². The van der Waals surface area contributed by atoms with E-state index < -0.39 is 22.5 Å². The molecule has 2 N–H and O–H groups in total. The smallest absolute Gasteiger partial charge is 0.338 e. The van der Waals surface area contributed by atoms with Crippen LogP contribution < -0.4 is 10.6 Å². The third-order valence-electron chi connectivity index (χ3n) is 5.88. The molecule has 0 bridgehead atoms. The van der Waals surface area contributed by atoms with Crippen LogP contribution in [0, 0.1) is 10.1 Å². The Hall–Kier alpha value is -4.36. The van der Waals surface area contributed by atoms with E-state index in [4.69, 9.17) is 16.3 Å². The number of hydrogen-bond donors (Lipinski definition) is 2. The van der Waals surface area contributed by atoms with Crippen molar-refractivity contribution in [1.82, 2.24) is 0 Å². The maximum Gasteiger partial charge on any atom is 0.338 e. The van der Waals surface area contributed by atoms with Crippen molar-refractivity contribution in [3.8, 4) is 0 Å². The SMILES string of the molecule is COC(=O)[C@@](Nc1ccc(Cl)cc1)(c1ccccc1)[C@@H](Nc1ccccc1)c1ccc([N+](=O)[O-])cc1. The average molecular weight is 502 g/mol. The van der Waals surface area contributed by atoms with Gasteiger partial charge in [-0.3, -0.25) is 10.1 Å². The zero-order valence-corrected chi connectivity index (χ0v) is 20.2. The number of nitrogens with zero attached hydrogens (tertiary/aromatic N) is 1. The second kappa shape index (κ2) is 10.9. The fraction of sp³-hybridized carbons (Fsp3) is 0.107. The second-order valence-corrected chi connectivity index (χ2v) is 8.53. The third kappa shape index (κ3) is 5.16. The molecule has 8 heteroatoms. The quantitative estimate of drug-likeness (QED) is 0.153. The maximum absolute atomic E-state index is 13.8. The van der Waals surface area contributed by atoms with E-state index in [9.17, 15) is 14.9 Å². The summed E-state index contributed by atoms with van der Waals surface area (Å²) in [6, 6.07) is 31.0. The standard InChI is InChI=1S/C28H24ClN3O4/c1-36-27(33)28(21-8-4-2-5-9-21,31-24-16-14-22(29)15-17-24)26(30-23-10-6-3-7-11-23)20-12-18-25(19-13-20)32(34)35/h2-19,26,30-31H,1H3/t26-,28+/m0/s1. The van der Waals surface area contributed by atoms with Gasteiger partial charge in [0, 0.05) is 28.5 Å². The number of esters is 1. The lowest BCUT2D eigenvalue weighted by molar-refractivity contribution is -0.384. The highest BCUT2D eigenvalue weighted by Crippen LogP contribution is 2.42. The Morgan fingerprint density at radius 2 is 1.44 bits per heavy atom. The number of hydrogen-bond acceptors (Lipinski definition) is 6. The van der Waals surface area contributed by atoms with Crippen LogP contribution in [0.1, 0.15) is 17.2 Å². The van der Waals surface area contributed by atoms with Crippen molar-refractivity contribution < 1.29 is 14.5 Å². The summed E-state index contributed by atoms with van der Waals surface area (Å²) >= 11 is 6.11. The largest absolute Gasteiger partial charge is 0.467 e. The number of ether oxygens (including phenoxy) is 1. The number of benzene rings is 4. The number of halogens is 1. The Balaban J connectivity index is 1.97. The minimum absolute atomic E-state index is 0.0498. The number of carbonyl (C=O) groups excluding carboxylic acids is 1. The van der Waals surface area contributed by atoms with E-state index >= 15 is 0 Å². The van der Waals surface area contributed by atoms with Gasteiger partial charge in [0.15, 0.2) is 5.54 Å². The summed E-state index contributed by atoms with van der Waals surface area (Å²) in [4.78, 5) is 24.7. The van der Waals surface area contributed by atoms with Crippen molar-refractivity contribution in [3.63, 3.8) is 0 Å². The van der Waals surface area contributed by atoms with Gasteiger partial charge in [-0.15, -0.1) is 0 Å². The van der Waals surface area contributed by atoms with Crippen LogP contribution in [0.3, 0.4) is 0 Å². The summed E-state index contributed by atoms with van der Waals surface area (Å²) in [5, 5.41) is 18.7. The molecule has 0 saturated heterocycles. The fourth-order valence-corrected chi connectivity index (χ4v) is 4.28. The van der Waals surface area contributed by atoms with Crippen LogP contribution in [0.5, 0.6) is 0 Å². The van der Waals surface area contributed by atoms with Gasteiger partial charge in [0.1, 0.15) is 0 Å². The number of carbonyl (C=O) groups is 1. The lowest BCUT2D eigenvalue weighted by Gasteiger charge is -2.41. The molecular formula is C28H24ClN3O4. The molecule has 2 atom stereocenters. The summed E-state index contributed by atoms with van der Waals surface area (Å²) in [5.74, 6) is -0.546. The molecule has 36 heavy (non-hydrogen) atoms. The van der Waals surface area contributed by atoms with Gasteiger partial charge in [0.2, 0.25) is 0 Å². The summed E-state index contributed by atoms with van der Waals surface area (Å²) in [5.41, 5.74) is 1.14. The van der Waals surface area contributed by atoms with E-state index in [1.165, 1.54) is 19.2 Å². The van der Waals surface area contributed by atoms with Crippen LogP contribution in [-0.4, -0.2) is 18.0 Å². The van der Waals surface area contributed by atoms with Gasteiger partial charge in [0.25, 0.3) is 5.69 Å². The first-order chi connectivity index (χ1) is 17.4. The van der Waals surface area contributed by atoms with Crippen molar-refractivity contribution in [2.75, 3.05) is 17.7 Å². The van der Waals surface area contributed by atoms with Gasteiger partial charge < -0.3 is 15.4 Å². The van der Waals surface area contributed by atoms with Gasteiger partial charge in [-0.2, -0.15) is 0 Å². The first-order valence-electron chi connectivity index (χ1n) is 11.2. The number of rotatable bonds is 9. The first-order valence-corrected chi connectivity index (χ1v) is 11.6. The normalized spacial score (nSPS) is 13.2. The van der Waals surface area contributed by atoms with Crippen LogP contribution in [0.15, 0.2) is 109 Å². The Kier molecular flexibility index (Phi) is 7.51. The molecule has 0 aliphatic rings. The Morgan fingerprint density at radius 1 is 0.861 bits per heavy atom. The predicted molar refractivity (Wildman–Crippen MR) is 141 cm³/mol. The molecule has 0 aliphatic carbocycles. The minimum atomic E-state index is -1.48. The lowest BCUT2D eigenvalue weighted by atomic mass is 9.78. The van der Waals surface area contributed by atoms with E-state index in [-0.39, 0.29) is 5.69 Å². The number of methoxy groups -OCH3 is 1. The highest BCUT2D eigenvalue weighted by atomic mass is 35.5. The van der Waals surface area contributed by atoms with E-state index in [2.05, 4.69) is 10.6 Å². The summed E-state index contributed by atoms with van der Waals surface area (Å²) in [7, 11) is 1.33. The number of nitro benzene ring substituents is 1. The molecular weight excluding hydrogens is 478 g/mol. The molecule has 0 amide bonds. The molecule has 0 spiro atoms. The van der Waals surface area contributed by atoms with Crippen molar-refractivity contribution in [3.05, 3.63) is 135 Å². The molecule has 4 aromatic rings. The molecule has 0 saturated carbocycles. The second-order valence-electron chi connectivity index (χ2n) is 8.09. The molecule has 0 fully saturated rings. The van der Waals surface area contributed by atoms with Gasteiger partial charge in [-0.05, 0) is 47.5 Å². The molecule has 182 valence electrons. The van der Waals surface area contributed by atoms with Crippen LogP contribution in [-0.2, 0) is 15.1 Å². The monoisotopic (exact) mass is 501 g/mol. The first kappa shape index (κ1) is 24.8. The topological polar surface area (TPSA) is 93.5 Å². The molecule has 0 heterocycles. The zero-order valence-electron chi connectivity index (χ0n) is 19.4. The third-order valence-corrected chi connectivity index (χ3v) is 6.13. The number of nitrogens with one attached hydrogen (secondary N) is 2. The maximum atomic E-state index is 13.8. The molecule has 0 aliphatic heterocycles. The molecule has 7 nitrogen and oxygen atoms in total. The van der Waals surface area contributed by atoms with Crippen LogP contribution in [0.2, 0.25) is 5.02 Å². The Morgan fingerprint density at radius 3 is 2.00 bits per heavy atom. The lowest BCUT2D eigenvalue weighted by Crippen LogP contribution is -2.51. The summed E-state index contributed by atoms with van der Waals surface area (Å²) < 4.78 is 5.39. The highest BCUT2D eigenvalue weighted by Gasteiger charge is 2.50. The molecule has 0 aromatic heterocycles. The highest BCUT2D eigenvalue weighted by molar-refractivity contribution is 6.30. The predicted octanol–water partition coefficient (Wildman–Crippen LogP) is 6.58. The average Bonchev–Trinajstić information content (AvgIpc) is 2.92. The summed E-state index contributed by atoms with van der Waals surface area (Å²) in [6.45, 7) is 0. The Labute approximate surface area is 213 Å². The van der Waals surface area contributed by atoms with Crippen LogP contribution in [0.4, 0.5) is 17.1 Å². The zero-order chi connectivity index (χ0) is 25.5. The number of non-ortho nitro benzene ring substituents is 1. The number of para-hydroxylation sites is 1. The molecule has 0 radical (unpaired) electrons. The van der Waals surface area contributed by atoms with Gasteiger partial charge in [0.05, 0.1) is 18.1 Å². The van der Waals surface area contributed by atoms with Gasteiger partial charge >= 0.3 is 5.97 Å². The van der Waals surface area contributed by atoms with Crippen molar-refractivity contribution in [2.45, 2.75) is 11.6 Å². The van der Waals surface area contributed by atoms with Crippen molar-refractivity contribution >= 4 is 34.6 Å². The van der Waals surface area contributed by atoms with Crippen molar-refractivity contribution in [1.29, 1.82) is 0 Å². The van der Waals surface area contributed by atoms with E-state index in [0.29, 0.717) is 21.8 Å². The van der Waals surface area contributed by atoms with Gasteiger partial charge in [-0.1, -0.05) is 72.3 Å². The number of anilines is 2. The number of nitro groups is 1. The van der Waals surface area contributed by atoms with Crippen LogP contribution in [0.25, 0.3) is 0 Å².